The van der Waals surface area contributed by atoms with Gasteiger partial charge in [-0.3, -0.25) is 0 Å². The van der Waals surface area contributed by atoms with Crippen LogP contribution in [0.3, 0.4) is 0 Å². The molecule has 2 atom stereocenters. The van der Waals surface area contributed by atoms with E-state index in [1.165, 1.54) is 47.9 Å². The summed E-state index contributed by atoms with van der Waals surface area (Å²) in [4.78, 5) is 0. The van der Waals surface area contributed by atoms with Crippen LogP contribution in [-0.4, -0.2) is 51.8 Å². The maximum Gasteiger partial charge on any atom is 0.119 e. The Morgan fingerprint density at radius 1 is 0.446 bits per heavy atom. The first-order chi connectivity index (χ1) is 27.0. The van der Waals surface area contributed by atoms with Gasteiger partial charge in [0.2, 0.25) is 0 Å². The maximum atomic E-state index is 6.33. The van der Waals surface area contributed by atoms with Crippen LogP contribution in [0.4, 0.5) is 0 Å². The first-order valence-electron chi connectivity index (χ1n) is 21.2. The molecule has 0 N–H and O–H groups in total. The number of epoxide rings is 2. The van der Waals surface area contributed by atoms with E-state index in [9.17, 15) is 0 Å². The van der Waals surface area contributed by atoms with Gasteiger partial charge in [-0.05, 0) is 133 Å². The Hall–Kier alpha value is -4.00. The van der Waals surface area contributed by atoms with E-state index in [4.69, 9.17) is 28.4 Å². The Morgan fingerprint density at radius 3 is 0.982 bits per heavy atom. The predicted molar refractivity (Wildman–Crippen MR) is 222 cm³/mol. The fourth-order valence-corrected chi connectivity index (χ4v) is 8.91. The SMILES string of the molecule is CC(COc1ccc(C2(c3ccc(OCC4CO4)cc3)CCC(C)(C)CC2)cc1)COc1ccc(C2(c3ccc(OCC4CO4)cc3)CCC(C)(C)CC2)cc1. The first-order valence-corrected chi connectivity index (χ1v) is 21.2. The second kappa shape index (κ2) is 16.1. The molecule has 2 aliphatic carbocycles. The Bertz CT molecular complexity index is 1710. The highest BCUT2D eigenvalue weighted by Crippen LogP contribution is 2.52. The highest BCUT2D eigenvalue weighted by atomic mass is 16.6. The average Bonchev–Trinajstić information content (AvgIpc) is 4.16. The molecule has 6 heteroatoms. The molecule has 4 aliphatic rings. The van der Waals surface area contributed by atoms with Gasteiger partial charge in [0.1, 0.15) is 48.4 Å². The van der Waals surface area contributed by atoms with Gasteiger partial charge in [-0.2, -0.15) is 0 Å². The summed E-state index contributed by atoms with van der Waals surface area (Å²) in [6.45, 7) is 15.9. The number of hydrogen-bond donors (Lipinski definition) is 0. The second-order valence-electron chi connectivity index (χ2n) is 18.9. The summed E-state index contributed by atoms with van der Waals surface area (Å²) in [5, 5.41) is 0. The zero-order valence-corrected chi connectivity index (χ0v) is 34.3. The molecular formula is C50H62O6. The van der Waals surface area contributed by atoms with Crippen LogP contribution >= 0.6 is 0 Å². The van der Waals surface area contributed by atoms with Crippen molar-refractivity contribution < 1.29 is 28.4 Å². The van der Waals surface area contributed by atoms with Crippen molar-refractivity contribution in [2.24, 2.45) is 16.7 Å². The largest absolute Gasteiger partial charge is 0.493 e. The van der Waals surface area contributed by atoms with E-state index in [0.29, 0.717) is 37.3 Å². The van der Waals surface area contributed by atoms with Crippen LogP contribution in [0.25, 0.3) is 0 Å². The van der Waals surface area contributed by atoms with Crippen molar-refractivity contribution in [3.63, 3.8) is 0 Å². The fraction of sp³-hybridized carbons (Fsp3) is 0.520. The van der Waals surface area contributed by atoms with E-state index < -0.39 is 0 Å². The molecule has 56 heavy (non-hydrogen) atoms. The standard InChI is InChI=1S/C50H62O6/c1-36(30-51-41-14-6-37(7-15-41)49(26-22-47(2,3)23-27-49)39-10-18-43(19-11-39)53-32-45-34-55-45)31-52-42-16-8-38(9-17-42)50(28-24-48(4,5)25-29-50)40-12-20-44(21-13-40)54-33-46-35-56-46/h6-21,36,45-46H,22-35H2,1-5H3. The summed E-state index contributed by atoms with van der Waals surface area (Å²) in [6, 6.07) is 35.4. The van der Waals surface area contributed by atoms with E-state index in [2.05, 4.69) is 132 Å². The van der Waals surface area contributed by atoms with Crippen molar-refractivity contribution in [1.82, 2.24) is 0 Å². The van der Waals surface area contributed by atoms with Gasteiger partial charge in [-0.15, -0.1) is 0 Å². The Morgan fingerprint density at radius 2 is 0.714 bits per heavy atom. The van der Waals surface area contributed by atoms with Gasteiger partial charge in [0.05, 0.1) is 26.4 Å². The van der Waals surface area contributed by atoms with Crippen LogP contribution in [0.2, 0.25) is 0 Å². The lowest BCUT2D eigenvalue weighted by atomic mass is 9.60. The summed E-state index contributed by atoms with van der Waals surface area (Å²) in [5.41, 5.74) is 6.17. The molecule has 0 bridgehead atoms. The zero-order chi connectivity index (χ0) is 38.8. The van der Waals surface area contributed by atoms with Crippen molar-refractivity contribution in [1.29, 1.82) is 0 Å². The number of rotatable bonds is 16. The molecule has 0 amide bonds. The van der Waals surface area contributed by atoms with Crippen molar-refractivity contribution in [2.75, 3.05) is 39.6 Å². The summed E-state index contributed by atoms with van der Waals surface area (Å²) in [6.07, 6.45) is 9.82. The number of benzene rings is 4. The molecular weight excluding hydrogens is 697 g/mol. The normalized spacial score (nSPS) is 23.4. The van der Waals surface area contributed by atoms with E-state index in [1.54, 1.807) is 0 Å². The Balaban J connectivity index is 0.870. The third kappa shape index (κ3) is 9.24. The van der Waals surface area contributed by atoms with E-state index >= 15 is 0 Å². The lowest BCUT2D eigenvalue weighted by Gasteiger charge is -2.44. The van der Waals surface area contributed by atoms with Crippen LogP contribution in [0.1, 0.15) is 108 Å². The van der Waals surface area contributed by atoms with Crippen molar-refractivity contribution in [2.45, 2.75) is 109 Å². The average molecular weight is 759 g/mol. The van der Waals surface area contributed by atoms with Crippen molar-refractivity contribution in [3.8, 4) is 23.0 Å². The highest BCUT2D eigenvalue weighted by Gasteiger charge is 2.42. The fourth-order valence-electron chi connectivity index (χ4n) is 8.91. The summed E-state index contributed by atoms with van der Waals surface area (Å²) < 4.78 is 35.2. The van der Waals surface area contributed by atoms with Crippen LogP contribution in [0.5, 0.6) is 23.0 Å². The van der Waals surface area contributed by atoms with Crippen LogP contribution in [-0.2, 0) is 20.3 Å². The van der Waals surface area contributed by atoms with Crippen LogP contribution in [0, 0.1) is 16.7 Å². The third-order valence-electron chi connectivity index (χ3n) is 13.3. The molecule has 4 aromatic carbocycles. The van der Waals surface area contributed by atoms with Crippen LogP contribution < -0.4 is 18.9 Å². The molecule has 4 fully saturated rings. The van der Waals surface area contributed by atoms with Gasteiger partial charge >= 0.3 is 0 Å². The quantitative estimate of drug-likeness (QED) is 0.106. The molecule has 4 aromatic rings. The molecule has 0 spiro atoms. The molecule has 2 heterocycles. The smallest absolute Gasteiger partial charge is 0.119 e. The maximum absolute atomic E-state index is 6.33. The molecule has 2 aliphatic heterocycles. The number of hydrogen-bond acceptors (Lipinski definition) is 6. The lowest BCUT2D eigenvalue weighted by molar-refractivity contribution is 0.183. The summed E-state index contributed by atoms with van der Waals surface area (Å²) in [7, 11) is 0. The topological polar surface area (TPSA) is 62.0 Å². The Kier molecular flexibility index (Phi) is 11.2. The summed E-state index contributed by atoms with van der Waals surface area (Å²) >= 11 is 0. The minimum absolute atomic E-state index is 0.0130. The van der Waals surface area contributed by atoms with E-state index in [0.717, 1.165) is 61.9 Å². The predicted octanol–water partition coefficient (Wildman–Crippen LogP) is 11.1. The van der Waals surface area contributed by atoms with Crippen molar-refractivity contribution >= 4 is 0 Å². The summed E-state index contributed by atoms with van der Waals surface area (Å²) in [5.74, 6) is 3.86. The zero-order valence-electron chi connectivity index (χ0n) is 34.3. The second-order valence-corrected chi connectivity index (χ2v) is 18.9. The van der Waals surface area contributed by atoms with Gasteiger partial charge in [-0.1, -0.05) is 83.1 Å². The minimum Gasteiger partial charge on any atom is -0.493 e. The third-order valence-corrected chi connectivity index (χ3v) is 13.3. The van der Waals surface area contributed by atoms with Crippen LogP contribution in [0.15, 0.2) is 97.1 Å². The molecule has 0 aromatic heterocycles. The van der Waals surface area contributed by atoms with Gasteiger partial charge in [-0.25, -0.2) is 0 Å². The van der Waals surface area contributed by atoms with Crippen molar-refractivity contribution in [3.05, 3.63) is 119 Å². The first kappa shape index (κ1) is 38.9. The number of ether oxygens (including phenoxy) is 6. The molecule has 2 saturated carbocycles. The monoisotopic (exact) mass is 758 g/mol. The van der Waals surface area contributed by atoms with Gasteiger partial charge in [0.25, 0.3) is 0 Å². The molecule has 6 nitrogen and oxygen atoms in total. The lowest BCUT2D eigenvalue weighted by Crippen LogP contribution is -2.35. The molecule has 2 unspecified atom stereocenters. The van der Waals surface area contributed by atoms with E-state index in [1.807, 2.05) is 0 Å². The van der Waals surface area contributed by atoms with Gasteiger partial charge in [0, 0.05) is 16.7 Å². The highest BCUT2D eigenvalue weighted by molar-refractivity contribution is 5.45. The minimum atomic E-state index is -0.0130. The molecule has 8 rings (SSSR count). The Labute approximate surface area is 335 Å². The van der Waals surface area contributed by atoms with Gasteiger partial charge < -0.3 is 28.4 Å². The molecule has 0 radical (unpaired) electrons. The van der Waals surface area contributed by atoms with Gasteiger partial charge in [0.15, 0.2) is 0 Å². The van der Waals surface area contributed by atoms with E-state index in [-0.39, 0.29) is 29.0 Å². The molecule has 298 valence electrons. The molecule has 2 saturated heterocycles.